The Labute approximate surface area is 131 Å². The van der Waals surface area contributed by atoms with Crippen LogP contribution in [0.5, 0.6) is 0 Å². The zero-order chi connectivity index (χ0) is 16.2. The van der Waals surface area contributed by atoms with Crippen molar-refractivity contribution in [2.24, 2.45) is 5.11 Å². The van der Waals surface area contributed by atoms with Crippen LogP contribution in [0.4, 0.5) is 0 Å². The Morgan fingerprint density at radius 3 is 3.00 bits per heavy atom. The van der Waals surface area contributed by atoms with Crippen LogP contribution in [0, 0.1) is 0 Å². The molecule has 3 N–H and O–H groups in total. The summed E-state index contributed by atoms with van der Waals surface area (Å²) in [7, 11) is 0. The smallest absolute Gasteiger partial charge is 0.252 e. The Kier molecular flexibility index (Phi) is 5.23. The molecule has 1 fully saturated rings. The molecule has 0 radical (unpaired) electrons. The third kappa shape index (κ3) is 3.49. The highest BCUT2D eigenvalue weighted by Gasteiger charge is 2.47. The molecule has 2 rings (SSSR count). The molecule has 1 saturated heterocycles. The molecular weight excluding hydrogens is 312 g/mol. The molecule has 9 heteroatoms. The molecule has 0 spiro atoms. The molecule has 0 aliphatic carbocycles. The van der Waals surface area contributed by atoms with Crippen LogP contribution in [-0.4, -0.2) is 53.6 Å². The number of azide groups is 1. The largest absolute Gasteiger partial charge is 0.387 e. The van der Waals surface area contributed by atoms with Crippen LogP contribution >= 0.6 is 11.6 Å². The number of aliphatic hydroxyl groups is 2. The fourth-order valence-electron chi connectivity index (χ4n) is 2.17. The van der Waals surface area contributed by atoms with E-state index in [0.717, 1.165) is 0 Å². The molecule has 1 aliphatic rings. The van der Waals surface area contributed by atoms with Crippen molar-refractivity contribution in [2.45, 2.75) is 17.8 Å². The number of carbonyl (C=O) groups excluding carboxylic acids is 1. The number of aliphatic hydroxyl groups excluding tert-OH is 1. The Morgan fingerprint density at radius 2 is 2.32 bits per heavy atom. The molecule has 0 bridgehead atoms. The highest BCUT2D eigenvalue weighted by molar-refractivity contribution is 6.33. The number of ether oxygens (including phenoxy) is 1. The second-order valence-corrected chi connectivity index (χ2v) is 5.38. The van der Waals surface area contributed by atoms with Crippen molar-refractivity contribution in [1.29, 1.82) is 0 Å². The summed E-state index contributed by atoms with van der Waals surface area (Å²) >= 11 is 5.92. The van der Waals surface area contributed by atoms with E-state index < -0.39 is 23.7 Å². The molecule has 3 atom stereocenters. The van der Waals surface area contributed by atoms with E-state index in [2.05, 4.69) is 15.3 Å². The Balaban J connectivity index is 1.94. The number of hydrogen-bond acceptors (Lipinski definition) is 5. The minimum atomic E-state index is -1.65. The third-order valence-corrected chi connectivity index (χ3v) is 3.77. The molecule has 0 unspecified atom stereocenters. The van der Waals surface area contributed by atoms with E-state index in [4.69, 9.17) is 21.9 Å². The molecule has 8 nitrogen and oxygen atoms in total. The summed E-state index contributed by atoms with van der Waals surface area (Å²) in [4.78, 5) is 14.5. The van der Waals surface area contributed by atoms with Crippen LogP contribution in [0.25, 0.3) is 10.4 Å². The molecule has 118 valence electrons. The van der Waals surface area contributed by atoms with Gasteiger partial charge in [-0.3, -0.25) is 4.79 Å². The van der Waals surface area contributed by atoms with Crippen LogP contribution in [0.15, 0.2) is 29.4 Å². The molecule has 0 aromatic heterocycles. The maximum absolute atomic E-state index is 12.0. The highest BCUT2D eigenvalue weighted by Crippen LogP contribution is 2.25. The number of benzene rings is 1. The summed E-state index contributed by atoms with van der Waals surface area (Å²) < 4.78 is 5.26. The predicted octanol–water partition coefficient (Wildman–Crippen LogP) is 0.871. The lowest BCUT2D eigenvalue weighted by Crippen LogP contribution is -2.48. The van der Waals surface area contributed by atoms with Crippen LogP contribution in [-0.2, 0) is 4.74 Å². The lowest BCUT2D eigenvalue weighted by atomic mass is 9.97. The fraction of sp³-hybridized carbons (Fsp3) is 0.462. The van der Waals surface area contributed by atoms with Crippen molar-refractivity contribution >= 4 is 17.5 Å². The highest BCUT2D eigenvalue weighted by atomic mass is 35.5. The minimum absolute atomic E-state index is 0.0101. The van der Waals surface area contributed by atoms with Crippen molar-refractivity contribution in [2.75, 3.05) is 19.7 Å². The molecule has 1 amide bonds. The van der Waals surface area contributed by atoms with Gasteiger partial charge in [0.15, 0.2) is 0 Å². The monoisotopic (exact) mass is 326 g/mol. The Bertz CT molecular complexity index is 607. The summed E-state index contributed by atoms with van der Waals surface area (Å²) in [5.41, 5.74) is 6.94. The molecule has 1 aromatic carbocycles. The first-order valence-electron chi connectivity index (χ1n) is 6.53. The summed E-state index contributed by atoms with van der Waals surface area (Å²) in [6, 6.07) is 6.55. The van der Waals surface area contributed by atoms with Gasteiger partial charge >= 0.3 is 0 Å². The van der Waals surface area contributed by atoms with Gasteiger partial charge in [0.1, 0.15) is 17.8 Å². The second-order valence-electron chi connectivity index (χ2n) is 4.98. The molecule has 1 aromatic rings. The number of rotatable bonds is 5. The Hall–Kier alpha value is -1.83. The van der Waals surface area contributed by atoms with Gasteiger partial charge in [-0.05, 0) is 17.7 Å². The van der Waals surface area contributed by atoms with Gasteiger partial charge in [0.05, 0.1) is 23.7 Å². The number of hydrogen-bond donors (Lipinski definition) is 3. The quantitative estimate of drug-likeness (QED) is 0.421. The number of nitrogens with zero attached hydrogens (tertiary/aromatic N) is 3. The number of carbonyl (C=O) groups is 1. The number of amides is 1. The van der Waals surface area contributed by atoms with Crippen molar-refractivity contribution in [3.8, 4) is 0 Å². The zero-order valence-corrected chi connectivity index (χ0v) is 12.3. The van der Waals surface area contributed by atoms with E-state index >= 15 is 0 Å². The maximum Gasteiger partial charge on any atom is 0.252 e. The SMILES string of the molecule is [N-]=[N+]=NC[C@]1(O)CO[C@H](CNC(=O)c2ccccc2Cl)[C@H]1O. The number of halogens is 1. The van der Waals surface area contributed by atoms with Crippen molar-refractivity contribution in [1.82, 2.24) is 5.32 Å². The molecule has 22 heavy (non-hydrogen) atoms. The van der Waals surface area contributed by atoms with Crippen molar-refractivity contribution in [3.63, 3.8) is 0 Å². The molecular formula is C13H15ClN4O4. The van der Waals surface area contributed by atoms with Gasteiger partial charge in [-0.25, -0.2) is 0 Å². The van der Waals surface area contributed by atoms with E-state index in [9.17, 15) is 15.0 Å². The Morgan fingerprint density at radius 1 is 1.59 bits per heavy atom. The average Bonchev–Trinajstić information content (AvgIpc) is 2.79. The van der Waals surface area contributed by atoms with Gasteiger partial charge < -0.3 is 20.3 Å². The van der Waals surface area contributed by atoms with Gasteiger partial charge in [-0.1, -0.05) is 28.8 Å². The van der Waals surface area contributed by atoms with E-state index in [1.165, 1.54) is 0 Å². The first-order chi connectivity index (χ1) is 10.5. The van der Waals surface area contributed by atoms with Crippen LogP contribution in [0.3, 0.4) is 0 Å². The van der Waals surface area contributed by atoms with Crippen LogP contribution in [0.1, 0.15) is 10.4 Å². The first kappa shape index (κ1) is 16.5. The third-order valence-electron chi connectivity index (χ3n) is 3.44. The van der Waals surface area contributed by atoms with Gasteiger partial charge in [0, 0.05) is 11.5 Å². The number of nitrogens with one attached hydrogen (secondary N) is 1. The maximum atomic E-state index is 12.0. The van der Waals surface area contributed by atoms with Gasteiger partial charge in [-0.15, -0.1) is 0 Å². The van der Waals surface area contributed by atoms with Gasteiger partial charge in [0.25, 0.3) is 5.91 Å². The summed E-state index contributed by atoms with van der Waals surface area (Å²) in [6.07, 6.45) is -2.07. The van der Waals surface area contributed by atoms with Crippen molar-refractivity contribution < 1.29 is 19.7 Å². The standard InChI is InChI=1S/C13H15ClN4O4/c14-9-4-2-1-3-8(9)12(20)16-5-10-11(19)13(21,7-22-10)6-17-18-15/h1-4,10-11,19,21H,5-7H2,(H,16,20)/t10-,11-,13+/m1/s1. The second kappa shape index (κ2) is 6.95. The zero-order valence-electron chi connectivity index (χ0n) is 11.5. The molecule has 1 heterocycles. The van der Waals surface area contributed by atoms with E-state index in [1.807, 2.05) is 0 Å². The fourth-order valence-corrected chi connectivity index (χ4v) is 2.39. The average molecular weight is 327 g/mol. The summed E-state index contributed by atoms with van der Waals surface area (Å²) in [6.45, 7) is -0.497. The van der Waals surface area contributed by atoms with E-state index in [1.54, 1.807) is 24.3 Å². The lowest BCUT2D eigenvalue weighted by Gasteiger charge is -2.24. The van der Waals surface area contributed by atoms with Crippen LogP contribution in [0.2, 0.25) is 5.02 Å². The summed E-state index contributed by atoms with van der Waals surface area (Å²) in [5.74, 6) is -0.410. The molecule has 0 saturated carbocycles. The van der Waals surface area contributed by atoms with Gasteiger partial charge in [0.2, 0.25) is 0 Å². The lowest BCUT2D eigenvalue weighted by molar-refractivity contribution is -0.0421. The summed E-state index contributed by atoms with van der Waals surface area (Å²) in [5, 5.41) is 26.3. The van der Waals surface area contributed by atoms with E-state index in [-0.39, 0.29) is 19.7 Å². The predicted molar refractivity (Wildman–Crippen MR) is 78.5 cm³/mol. The normalized spacial score (nSPS) is 27.2. The molecule has 1 aliphatic heterocycles. The first-order valence-corrected chi connectivity index (χ1v) is 6.91. The van der Waals surface area contributed by atoms with E-state index in [0.29, 0.717) is 10.6 Å². The van der Waals surface area contributed by atoms with Gasteiger partial charge in [-0.2, -0.15) is 0 Å². The van der Waals surface area contributed by atoms with Crippen LogP contribution < -0.4 is 5.32 Å². The van der Waals surface area contributed by atoms with Crippen molar-refractivity contribution in [3.05, 3.63) is 45.3 Å². The topological polar surface area (TPSA) is 128 Å². The minimum Gasteiger partial charge on any atom is -0.387 e.